The molecule has 8 nitrogen and oxygen atoms in total. The number of carbonyl (C=O) groups is 1. The lowest BCUT2D eigenvalue weighted by atomic mass is 10.1. The molecule has 0 unspecified atom stereocenters. The third-order valence-electron chi connectivity index (χ3n) is 5.02. The first-order chi connectivity index (χ1) is 15.0. The fourth-order valence-corrected chi connectivity index (χ4v) is 4.19. The number of amides is 1. The number of aromatic nitrogens is 4. The Bertz CT molecular complexity index is 1420. The quantitative estimate of drug-likeness (QED) is 0.499. The van der Waals surface area contributed by atoms with Crippen molar-refractivity contribution in [2.45, 2.75) is 25.3 Å². The number of benzene rings is 1. The van der Waals surface area contributed by atoms with Crippen LogP contribution in [0.25, 0.3) is 11.0 Å². The van der Waals surface area contributed by atoms with Crippen molar-refractivity contribution in [1.82, 2.24) is 19.5 Å². The minimum atomic E-state index is -0.574. The zero-order valence-electron chi connectivity index (χ0n) is 16.1. The van der Waals surface area contributed by atoms with Crippen molar-refractivity contribution in [3.8, 4) is 0 Å². The molecule has 3 aromatic heterocycles. The highest BCUT2D eigenvalue weighted by molar-refractivity contribution is 7.15. The summed E-state index contributed by atoms with van der Waals surface area (Å²) < 4.78 is 14.5. The van der Waals surface area contributed by atoms with Gasteiger partial charge in [-0.25, -0.2) is 19.2 Å². The average molecular weight is 437 g/mol. The number of nitrogens with one attached hydrogen (secondary N) is 2. The van der Waals surface area contributed by atoms with E-state index in [-0.39, 0.29) is 28.5 Å². The van der Waals surface area contributed by atoms with Crippen molar-refractivity contribution in [1.29, 1.82) is 0 Å². The molecular formula is C21H16FN5O3S. The standard InChI is InChI=1S/C21H16FN5O3S/c22-13-3-1-11(2-4-13)7-15-10-24-20(31-15)25-18(28)12-8-16-17(23-9-12)27(14-5-6-14)21(30)26-19(16)29/h1-4,8-10,14H,5-7H2,(H,24,25,28)(H,26,29,30). The van der Waals surface area contributed by atoms with Crippen LogP contribution in [0.1, 0.15) is 39.7 Å². The maximum Gasteiger partial charge on any atom is 0.330 e. The molecule has 1 saturated carbocycles. The summed E-state index contributed by atoms with van der Waals surface area (Å²) in [6.07, 6.45) is 5.29. The van der Waals surface area contributed by atoms with Crippen LogP contribution in [0, 0.1) is 5.82 Å². The van der Waals surface area contributed by atoms with E-state index in [1.54, 1.807) is 18.3 Å². The number of carbonyl (C=O) groups excluding carboxylic acids is 1. The van der Waals surface area contributed by atoms with Gasteiger partial charge in [0.1, 0.15) is 11.5 Å². The molecule has 3 heterocycles. The summed E-state index contributed by atoms with van der Waals surface area (Å²) in [6.45, 7) is 0. The molecule has 10 heteroatoms. The summed E-state index contributed by atoms with van der Waals surface area (Å²) >= 11 is 1.31. The molecule has 0 atom stereocenters. The lowest BCUT2D eigenvalue weighted by Crippen LogP contribution is -2.30. The summed E-state index contributed by atoms with van der Waals surface area (Å²) in [6, 6.07) is 7.67. The van der Waals surface area contributed by atoms with E-state index in [1.807, 2.05) is 0 Å². The topological polar surface area (TPSA) is 110 Å². The molecule has 0 bridgehead atoms. The van der Waals surface area contributed by atoms with Gasteiger partial charge >= 0.3 is 5.69 Å². The van der Waals surface area contributed by atoms with Gasteiger partial charge in [0, 0.05) is 29.7 Å². The molecule has 1 aliphatic carbocycles. The lowest BCUT2D eigenvalue weighted by molar-refractivity contribution is 0.102. The number of thiazole rings is 1. The highest BCUT2D eigenvalue weighted by atomic mass is 32.1. The number of H-pyrrole nitrogens is 1. The second-order valence-electron chi connectivity index (χ2n) is 7.34. The Balaban J connectivity index is 1.37. The Morgan fingerprint density at radius 2 is 1.97 bits per heavy atom. The molecule has 0 spiro atoms. The monoisotopic (exact) mass is 437 g/mol. The predicted octanol–water partition coefficient (Wildman–Crippen LogP) is 2.86. The molecule has 1 amide bonds. The van der Waals surface area contributed by atoms with Gasteiger partial charge in [-0.2, -0.15) is 0 Å². The molecule has 156 valence electrons. The second kappa shape index (κ2) is 7.55. The van der Waals surface area contributed by atoms with Gasteiger partial charge in [-0.15, -0.1) is 11.3 Å². The number of hydrogen-bond donors (Lipinski definition) is 2. The Labute approximate surface area is 178 Å². The molecule has 0 aliphatic heterocycles. The number of rotatable bonds is 5. The molecule has 4 aromatic rings. The first-order valence-corrected chi connectivity index (χ1v) is 10.4. The summed E-state index contributed by atoms with van der Waals surface area (Å²) in [5.41, 5.74) is 0.344. The fraction of sp³-hybridized carbons (Fsp3) is 0.190. The van der Waals surface area contributed by atoms with Gasteiger partial charge in [0.05, 0.1) is 10.9 Å². The molecule has 5 rings (SSSR count). The van der Waals surface area contributed by atoms with Crippen molar-refractivity contribution < 1.29 is 9.18 Å². The lowest BCUT2D eigenvalue weighted by Gasteiger charge is -2.08. The molecule has 1 aliphatic rings. The van der Waals surface area contributed by atoms with Crippen LogP contribution >= 0.6 is 11.3 Å². The van der Waals surface area contributed by atoms with Crippen LogP contribution in [0.15, 0.2) is 52.3 Å². The average Bonchev–Trinajstić information content (AvgIpc) is 3.49. The molecule has 1 aromatic carbocycles. The zero-order chi connectivity index (χ0) is 21.5. The Kier molecular flexibility index (Phi) is 4.70. The second-order valence-corrected chi connectivity index (χ2v) is 8.46. The SMILES string of the molecule is O=C(Nc1ncc(Cc2ccc(F)cc2)s1)c1cnc2c(c1)c(=O)[nH]c(=O)n2C1CC1. The van der Waals surface area contributed by atoms with Crippen LogP contribution in [-0.2, 0) is 6.42 Å². The van der Waals surface area contributed by atoms with E-state index in [0.717, 1.165) is 23.3 Å². The molecule has 0 saturated heterocycles. The van der Waals surface area contributed by atoms with E-state index in [1.165, 1.54) is 40.3 Å². The Morgan fingerprint density at radius 3 is 2.71 bits per heavy atom. The molecule has 2 N–H and O–H groups in total. The highest BCUT2D eigenvalue weighted by Gasteiger charge is 2.27. The van der Waals surface area contributed by atoms with Gasteiger partial charge in [-0.3, -0.25) is 24.5 Å². The van der Waals surface area contributed by atoms with Gasteiger partial charge in [0.25, 0.3) is 11.5 Å². The van der Waals surface area contributed by atoms with Crippen LogP contribution in [0.4, 0.5) is 9.52 Å². The van der Waals surface area contributed by atoms with Gasteiger partial charge < -0.3 is 0 Å². The number of pyridine rings is 1. The number of nitrogens with zero attached hydrogens (tertiary/aromatic N) is 3. The van der Waals surface area contributed by atoms with Crippen LogP contribution in [0.3, 0.4) is 0 Å². The normalized spacial score (nSPS) is 13.5. The largest absolute Gasteiger partial charge is 0.330 e. The van der Waals surface area contributed by atoms with E-state index in [0.29, 0.717) is 11.6 Å². The third-order valence-corrected chi connectivity index (χ3v) is 5.93. The zero-order valence-corrected chi connectivity index (χ0v) is 16.9. The van der Waals surface area contributed by atoms with Crippen molar-refractivity contribution in [2.24, 2.45) is 0 Å². The summed E-state index contributed by atoms with van der Waals surface area (Å²) in [5.74, 6) is -0.751. The molecule has 0 radical (unpaired) electrons. The van der Waals surface area contributed by atoms with Crippen molar-refractivity contribution >= 4 is 33.4 Å². The van der Waals surface area contributed by atoms with Crippen molar-refractivity contribution in [2.75, 3.05) is 5.32 Å². The summed E-state index contributed by atoms with van der Waals surface area (Å²) in [5, 5.41) is 3.30. The minimum absolute atomic E-state index is 0.0360. The predicted molar refractivity (Wildman–Crippen MR) is 114 cm³/mol. The number of halogens is 1. The number of fused-ring (bicyclic) bond motifs is 1. The van der Waals surface area contributed by atoms with Crippen LogP contribution < -0.4 is 16.6 Å². The number of anilines is 1. The fourth-order valence-electron chi connectivity index (χ4n) is 3.35. The maximum atomic E-state index is 13.0. The van der Waals surface area contributed by atoms with Crippen LogP contribution in [0.2, 0.25) is 0 Å². The first-order valence-electron chi connectivity index (χ1n) is 9.63. The van der Waals surface area contributed by atoms with Gasteiger partial charge in [-0.05, 0) is 36.6 Å². The van der Waals surface area contributed by atoms with E-state index in [9.17, 15) is 18.8 Å². The minimum Gasteiger partial charge on any atom is -0.298 e. The van der Waals surface area contributed by atoms with Crippen molar-refractivity contribution in [3.63, 3.8) is 0 Å². The molecular weight excluding hydrogens is 421 g/mol. The molecule has 31 heavy (non-hydrogen) atoms. The van der Waals surface area contributed by atoms with Gasteiger partial charge in [0.15, 0.2) is 5.13 Å². The van der Waals surface area contributed by atoms with E-state index >= 15 is 0 Å². The van der Waals surface area contributed by atoms with Gasteiger partial charge in [0.2, 0.25) is 0 Å². The van der Waals surface area contributed by atoms with E-state index < -0.39 is 17.2 Å². The molecule has 1 fully saturated rings. The number of aromatic amines is 1. The van der Waals surface area contributed by atoms with Gasteiger partial charge in [-0.1, -0.05) is 12.1 Å². The summed E-state index contributed by atoms with van der Waals surface area (Å²) in [7, 11) is 0. The highest BCUT2D eigenvalue weighted by Crippen LogP contribution is 2.34. The van der Waals surface area contributed by atoms with Crippen LogP contribution in [0.5, 0.6) is 0 Å². The Morgan fingerprint density at radius 1 is 1.19 bits per heavy atom. The van der Waals surface area contributed by atoms with E-state index in [2.05, 4.69) is 20.3 Å². The van der Waals surface area contributed by atoms with Crippen molar-refractivity contribution in [3.05, 3.63) is 85.4 Å². The van der Waals surface area contributed by atoms with Crippen LogP contribution in [-0.4, -0.2) is 25.4 Å². The smallest absolute Gasteiger partial charge is 0.298 e. The number of hydrogen-bond acceptors (Lipinski definition) is 6. The Hall–Kier alpha value is -3.66. The van der Waals surface area contributed by atoms with E-state index in [4.69, 9.17) is 0 Å². The third kappa shape index (κ3) is 3.89. The summed E-state index contributed by atoms with van der Waals surface area (Å²) in [4.78, 5) is 48.7. The first kappa shape index (κ1) is 19.3. The maximum absolute atomic E-state index is 13.0.